The Morgan fingerprint density at radius 2 is 1.37 bits per heavy atom. The lowest BCUT2D eigenvalue weighted by atomic mass is 10.00. The van der Waals surface area contributed by atoms with Gasteiger partial charge in [0.2, 0.25) is 0 Å². The van der Waals surface area contributed by atoms with Crippen LogP contribution in [0.3, 0.4) is 0 Å². The van der Waals surface area contributed by atoms with Gasteiger partial charge in [-0.1, -0.05) is 78.9 Å². The largest absolute Gasteiger partial charge is 0.309 e. The molecule has 5 aromatic carbocycles. The van der Waals surface area contributed by atoms with Crippen LogP contribution in [-0.4, -0.2) is 14.5 Å². The monoisotopic (exact) mass is 522 g/mol. The number of para-hydroxylation sites is 2. The van der Waals surface area contributed by atoms with Crippen LogP contribution in [0.15, 0.2) is 134 Å². The average Bonchev–Trinajstić information content (AvgIpc) is 3.37. The summed E-state index contributed by atoms with van der Waals surface area (Å²) in [6.07, 6.45) is 3.77. The van der Waals surface area contributed by atoms with Crippen molar-refractivity contribution in [3.8, 4) is 27.9 Å². The minimum atomic E-state index is 0.656. The molecular formula is C37H22N4. The molecule has 0 saturated heterocycles. The molecule has 0 spiro atoms. The number of rotatable bonds is 3. The summed E-state index contributed by atoms with van der Waals surface area (Å²) < 4.78 is 2.31. The molecule has 0 bridgehead atoms. The Kier molecular flexibility index (Phi) is 5.16. The molecule has 41 heavy (non-hydrogen) atoms. The molecule has 0 saturated carbocycles. The zero-order valence-corrected chi connectivity index (χ0v) is 22.0. The second kappa shape index (κ2) is 9.15. The van der Waals surface area contributed by atoms with Gasteiger partial charge in [-0.05, 0) is 59.2 Å². The van der Waals surface area contributed by atoms with E-state index < -0.39 is 0 Å². The third-order valence-corrected chi connectivity index (χ3v) is 7.87. The maximum Gasteiger partial charge on any atom is 0.194 e. The molecule has 3 heterocycles. The van der Waals surface area contributed by atoms with E-state index in [1.807, 2.05) is 48.8 Å². The molecule has 3 aromatic heterocycles. The van der Waals surface area contributed by atoms with Crippen LogP contribution >= 0.6 is 0 Å². The maximum atomic E-state index is 7.67. The SMILES string of the molecule is [C-]#[N+]c1ccccc1-c1ccc2c3cc(-c4cnc5c(ccc6cccnc65)c4)ccc3n(-c3ccccc3)c2c1. The Bertz CT molecular complexity index is 2320. The van der Waals surface area contributed by atoms with Crippen molar-refractivity contribution >= 4 is 49.3 Å². The van der Waals surface area contributed by atoms with E-state index in [1.54, 1.807) is 0 Å². The van der Waals surface area contributed by atoms with Gasteiger partial charge >= 0.3 is 0 Å². The number of pyridine rings is 2. The summed E-state index contributed by atoms with van der Waals surface area (Å²) in [4.78, 5) is 13.2. The third kappa shape index (κ3) is 3.68. The van der Waals surface area contributed by atoms with Gasteiger partial charge in [0, 0.05) is 45.2 Å². The smallest absolute Gasteiger partial charge is 0.194 e. The normalized spacial score (nSPS) is 11.4. The first kappa shape index (κ1) is 23.1. The summed E-state index contributed by atoms with van der Waals surface area (Å²) in [5.74, 6) is 0. The van der Waals surface area contributed by atoms with Crippen LogP contribution in [0.1, 0.15) is 0 Å². The molecule has 8 rings (SSSR count). The van der Waals surface area contributed by atoms with Gasteiger partial charge in [0.15, 0.2) is 5.69 Å². The fourth-order valence-corrected chi connectivity index (χ4v) is 5.93. The highest BCUT2D eigenvalue weighted by Gasteiger charge is 2.16. The fraction of sp³-hybridized carbons (Fsp3) is 0. The minimum Gasteiger partial charge on any atom is -0.309 e. The van der Waals surface area contributed by atoms with Gasteiger partial charge in [-0.2, -0.15) is 0 Å². The van der Waals surface area contributed by atoms with Gasteiger partial charge in [0.1, 0.15) is 0 Å². The number of hydrogen-bond donors (Lipinski definition) is 0. The zero-order chi connectivity index (χ0) is 27.3. The first-order valence-electron chi connectivity index (χ1n) is 13.5. The lowest BCUT2D eigenvalue weighted by Crippen LogP contribution is -1.93. The number of fused-ring (bicyclic) bond motifs is 6. The molecule has 0 amide bonds. The van der Waals surface area contributed by atoms with Gasteiger partial charge in [-0.3, -0.25) is 9.97 Å². The summed E-state index contributed by atoms with van der Waals surface area (Å²) in [6.45, 7) is 7.67. The van der Waals surface area contributed by atoms with Gasteiger partial charge < -0.3 is 4.57 Å². The standard InChI is InChI=1S/C37H22N4/c1-38-33-12-6-5-11-30(33)26-15-17-31-32-21-25(16-18-34(32)41(35(31)22-26)29-9-3-2-4-10-29)28-20-27-14-13-24-8-7-19-39-36(24)37(27)40-23-28/h2-23H. The highest BCUT2D eigenvalue weighted by Crippen LogP contribution is 2.39. The second-order valence-corrected chi connectivity index (χ2v) is 10.2. The molecular weight excluding hydrogens is 500 g/mol. The van der Waals surface area contributed by atoms with Crippen LogP contribution in [0.2, 0.25) is 0 Å². The van der Waals surface area contributed by atoms with Crippen molar-refractivity contribution in [2.24, 2.45) is 0 Å². The topological polar surface area (TPSA) is 35.1 Å². The highest BCUT2D eigenvalue weighted by atomic mass is 15.0. The van der Waals surface area contributed by atoms with Gasteiger partial charge in [-0.15, -0.1) is 0 Å². The summed E-state index contributed by atoms with van der Waals surface area (Å²) in [5, 5.41) is 4.50. The number of nitrogens with zero attached hydrogens (tertiary/aromatic N) is 4. The van der Waals surface area contributed by atoms with Crippen LogP contribution in [0.4, 0.5) is 5.69 Å². The van der Waals surface area contributed by atoms with Crippen molar-refractivity contribution in [2.45, 2.75) is 0 Å². The number of aromatic nitrogens is 3. The van der Waals surface area contributed by atoms with E-state index in [9.17, 15) is 0 Å². The Morgan fingerprint density at radius 1 is 0.561 bits per heavy atom. The number of benzene rings is 5. The molecule has 190 valence electrons. The molecule has 0 fully saturated rings. The van der Waals surface area contributed by atoms with Crippen LogP contribution in [0.5, 0.6) is 0 Å². The Hall–Kier alpha value is -5.79. The molecule has 4 nitrogen and oxygen atoms in total. The predicted octanol–water partition coefficient (Wildman–Crippen LogP) is 9.76. The Balaban J connectivity index is 1.35. The van der Waals surface area contributed by atoms with Crippen molar-refractivity contribution in [1.29, 1.82) is 0 Å². The summed E-state index contributed by atoms with van der Waals surface area (Å²) in [5.41, 5.74) is 9.99. The third-order valence-electron chi connectivity index (χ3n) is 7.87. The van der Waals surface area contributed by atoms with E-state index in [4.69, 9.17) is 11.6 Å². The van der Waals surface area contributed by atoms with E-state index >= 15 is 0 Å². The first-order valence-corrected chi connectivity index (χ1v) is 13.5. The van der Waals surface area contributed by atoms with E-state index in [0.717, 1.165) is 60.8 Å². The van der Waals surface area contributed by atoms with Gasteiger partial charge in [-0.25, -0.2) is 4.85 Å². The summed E-state index contributed by atoms with van der Waals surface area (Å²) in [6, 6.07) is 41.9. The van der Waals surface area contributed by atoms with E-state index in [1.165, 1.54) is 10.8 Å². The average molecular weight is 523 g/mol. The first-order chi connectivity index (χ1) is 20.3. The summed E-state index contributed by atoms with van der Waals surface area (Å²) >= 11 is 0. The van der Waals surface area contributed by atoms with Crippen LogP contribution < -0.4 is 0 Å². The van der Waals surface area contributed by atoms with E-state index in [2.05, 4.69) is 99.3 Å². The van der Waals surface area contributed by atoms with Crippen molar-refractivity contribution in [3.63, 3.8) is 0 Å². The van der Waals surface area contributed by atoms with Crippen molar-refractivity contribution in [3.05, 3.63) is 145 Å². The van der Waals surface area contributed by atoms with Crippen LogP contribution in [0, 0.1) is 6.57 Å². The Labute approximate surface area is 236 Å². The minimum absolute atomic E-state index is 0.656. The molecule has 0 radical (unpaired) electrons. The van der Waals surface area contributed by atoms with Crippen LogP contribution in [0.25, 0.3) is 76.4 Å². The Morgan fingerprint density at radius 3 is 2.27 bits per heavy atom. The lowest BCUT2D eigenvalue weighted by Gasteiger charge is -2.10. The van der Waals surface area contributed by atoms with Crippen molar-refractivity contribution in [1.82, 2.24) is 14.5 Å². The summed E-state index contributed by atoms with van der Waals surface area (Å²) in [7, 11) is 0. The molecule has 8 aromatic rings. The zero-order valence-electron chi connectivity index (χ0n) is 22.0. The van der Waals surface area contributed by atoms with Crippen molar-refractivity contribution < 1.29 is 0 Å². The van der Waals surface area contributed by atoms with Crippen LogP contribution in [-0.2, 0) is 0 Å². The molecule has 0 aliphatic heterocycles. The molecule has 0 unspecified atom stereocenters. The number of hydrogen-bond acceptors (Lipinski definition) is 2. The molecule has 4 heteroatoms. The van der Waals surface area contributed by atoms with E-state index in [-0.39, 0.29) is 0 Å². The fourth-order valence-electron chi connectivity index (χ4n) is 5.93. The van der Waals surface area contributed by atoms with Gasteiger partial charge in [0.25, 0.3) is 0 Å². The van der Waals surface area contributed by atoms with Crippen molar-refractivity contribution in [2.75, 3.05) is 0 Å². The molecule has 0 aliphatic rings. The van der Waals surface area contributed by atoms with Gasteiger partial charge in [0.05, 0.1) is 28.6 Å². The quantitative estimate of drug-likeness (QED) is 0.171. The molecule has 0 aliphatic carbocycles. The lowest BCUT2D eigenvalue weighted by molar-refractivity contribution is 1.18. The maximum absolute atomic E-state index is 7.67. The van der Waals surface area contributed by atoms with E-state index in [0.29, 0.717) is 5.69 Å². The molecule has 0 N–H and O–H groups in total. The molecule has 0 atom stereocenters. The highest BCUT2D eigenvalue weighted by molar-refractivity contribution is 6.12. The second-order valence-electron chi connectivity index (χ2n) is 10.2. The predicted molar refractivity (Wildman–Crippen MR) is 169 cm³/mol.